The Kier molecular flexibility index (Phi) is 5.71. The first kappa shape index (κ1) is 19.6. The second-order valence-electron chi connectivity index (χ2n) is 7.35. The molecule has 0 bridgehead atoms. The number of pyridine rings is 1. The van der Waals surface area contributed by atoms with E-state index < -0.39 is 0 Å². The lowest BCUT2D eigenvalue weighted by atomic mass is 9.96. The van der Waals surface area contributed by atoms with Crippen LogP contribution in [0.3, 0.4) is 0 Å². The van der Waals surface area contributed by atoms with E-state index in [1.165, 1.54) is 12.1 Å². The zero-order valence-electron chi connectivity index (χ0n) is 16.4. The van der Waals surface area contributed by atoms with Crippen molar-refractivity contribution in [2.24, 2.45) is 5.92 Å². The summed E-state index contributed by atoms with van der Waals surface area (Å²) in [5, 5.41) is 12.3. The van der Waals surface area contributed by atoms with Gasteiger partial charge in [-0.25, -0.2) is 9.37 Å². The Labute approximate surface area is 174 Å². The predicted octanol–water partition coefficient (Wildman–Crippen LogP) is 4.61. The van der Waals surface area contributed by atoms with Crippen LogP contribution in [0.15, 0.2) is 66.9 Å². The quantitative estimate of drug-likeness (QED) is 0.694. The largest absolute Gasteiger partial charge is 0.355 e. The van der Waals surface area contributed by atoms with Gasteiger partial charge in [0, 0.05) is 25.0 Å². The van der Waals surface area contributed by atoms with Crippen molar-refractivity contribution in [3.8, 4) is 17.2 Å². The van der Waals surface area contributed by atoms with Crippen LogP contribution in [-0.2, 0) is 4.79 Å². The lowest BCUT2D eigenvalue weighted by molar-refractivity contribution is -0.120. The van der Waals surface area contributed by atoms with E-state index in [9.17, 15) is 14.4 Å². The van der Waals surface area contributed by atoms with Crippen molar-refractivity contribution in [3.63, 3.8) is 0 Å². The maximum absolute atomic E-state index is 13.2. The van der Waals surface area contributed by atoms with Crippen LogP contribution in [0.2, 0.25) is 0 Å². The summed E-state index contributed by atoms with van der Waals surface area (Å²) < 4.78 is 13.2. The molecule has 1 aromatic heterocycles. The molecule has 150 valence electrons. The Hall–Kier alpha value is -3.72. The number of rotatable bonds is 4. The standard InChI is InChI=1S/C24H21FN4O/c25-21-10-8-17(9-11-21)18-4-1-7-22(14-18)28-24(30)20-6-3-13-29(16-20)23-19(15-26)5-2-12-27-23/h1-2,4-5,7-12,14,20H,3,6,13,16H2,(H,28,30)/t20-/m1/s1. The molecule has 1 N–H and O–H groups in total. The summed E-state index contributed by atoms with van der Waals surface area (Å²) in [6.45, 7) is 1.30. The Balaban J connectivity index is 1.47. The van der Waals surface area contributed by atoms with Gasteiger partial charge < -0.3 is 10.2 Å². The number of amides is 1. The van der Waals surface area contributed by atoms with Gasteiger partial charge in [-0.2, -0.15) is 5.26 Å². The third kappa shape index (κ3) is 4.31. The molecule has 1 aliphatic heterocycles. The van der Waals surface area contributed by atoms with Crippen LogP contribution in [0.25, 0.3) is 11.1 Å². The molecule has 5 nitrogen and oxygen atoms in total. The van der Waals surface area contributed by atoms with Gasteiger partial charge in [-0.1, -0.05) is 24.3 Å². The summed E-state index contributed by atoms with van der Waals surface area (Å²) in [5.74, 6) is 0.112. The summed E-state index contributed by atoms with van der Waals surface area (Å²) in [5.41, 5.74) is 3.01. The van der Waals surface area contributed by atoms with Gasteiger partial charge in [-0.05, 0) is 60.4 Å². The maximum atomic E-state index is 13.2. The molecular formula is C24H21FN4O. The monoisotopic (exact) mass is 400 g/mol. The third-order valence-corrected chi connectivity index (χ3v) is 5.31. The molecule has 2 heterocycles. The molecule has 1 aliphatic rings. The second kappa shape index (κ2) is 8.75. The van der Waals surface area contributed by atoms with Crippen LogP contribution >= 0.6 is 0 Å². The summed E-state index contributed by atoms with van der Waals surface area (Å²) in [4.78, 5) is 19.3. The number of carbonyl (C=O) groups is 1. The highest BCUT2D eigenvalue weighted by molar-refractivity contribution is 5.93. The molecule has 2 aromatic carbocycles. The molecule has 1 atom stereocenters. The Morgan fingerprint density at radius 3 is 2.77 bits per heavy atom. The fraction of sp³-hybridized carbons (Fsp3) is 0.208. The van der Waals surface area contributed by atoms with Gasteiger partial charge in [0.05, 0.1) is 11.5 Å². The molecular weight excluding hydrogens is 379 g/mol. The fourth-order valence-electron chi connectivity index (χ4n) is 3.78. The number of nitriles is 1. The average molecular weight is 400 g/mol. The number of hydrogen-bond acceptors (Lipinski definition) is 4. The van der Waals surface area contributed by atoms with Crippen LogP contribution in [0.5, 0.6) is 0 Å². The number of nitrogens with zero attached hydrogens (tertiary/aromatic N) is 3. The van der Waals surface area contributed by atoms with Gasteiger partial charge in [-0.15, -0.1) is 0 Å². The third-order valence-electron chi connectivity index (χ3n) is 5.31. The van der Waals surface area contributed by atoms with Gasteiger partial charge in [0.1, 0.15) is 17.7 Å². The van der Waals surface area contributed by atoms with E-state index in [2.05, 4.69) is 16.4 Å². The van der Waals surface area contributed by atoms with Gasteiger partial charge in [-0.3, -0.25) is 4.79 Å². The molecule has 1 fully saturated rings. The zero-order valence-corrected chi connectivity index (χ0v) is 16.4. The topological polar surface area (TPSA) is 69.0 Å². The Morgan fingerprint density at radius 2 is 1.97 bits per heavy atom. The minimum atomic E-state index is -0.280. The summed E-state index contributed by atoms with van der Waals surface area (Å²) in [6.07, 6.45) is 3.31. The molecule has 1 amide bonds. The summed E-state index contributed by atoms with van der Waals surface area (Å²) >= 11 is 0. The molecule has 3 aromatic rings. The van der Waals surface area contributed by atoms with Crippen molar-refractivity contribution in [3.05, 3.63) is 78.2 Å². The van der Waals surface area contributed by atoms with Gasteiger partial charge in [0.25, 0.3) is 0 Å². The SMILES string of the molecule is N#Cc1cccnc1N1CCC[C@@H](C(=O)Nc2cccc(-c3ccc(F)cc3)c2)C1. The van der Waals surface area contributed by atoms with E-state index in [0.717, 1.165) is 30.5 Å². The highest BCUT2D eigenvalue weighted by Crippen LogP contribution is 2.26. The molecule has 6 heteroatoms. The molecule has 0 unspecified atom stereocenters. The Morgan fingerprint density at radius 1 is 1.13 bits per heavy atom. The van der Waals surface area contributed by atoms with Crippen LogP contribution in [0.4, 0.5) is 15.9 Å². The Bertz CT molecular complexity index is 1090. The van der Waals surface area contributed by atoms with Gasteiger partial charge in [0.2, 0.25) is 5.91 Å². The van der Waals surface area contributed by atoms with Gasteiger partial charge >= 0.3 is 0 Å². The molecule has 0 saturated carbocycles. The first-order valence-electron chi connectivity index (χ1n) is 9.91. The minimum absolute atomic E-state index is 0.0506. The number of aromatic nitrogens is 1. The number of hydrogen-bond donors (Lipinski definition) is 1. The van der Waals surface area contributed by atoms with E-state index in [0.29, 0.717) is 23.6 Å². The van der Waals surface area contributed by atoms with Crippen LogP contribution in [-0.4, -0.2) is 24.0 Å². The smallest absolute Gasteiger partial charge is 0.229 e. The second-order valence-corrected chi connectivity index (χ2v) is 7.35. The van der Waals surface area contributed by atoms with E-state index in [1.54, 1.807) is 30.5 Å². The average Bonchev–Trinajstić information content (AvgIpc) is 2.80. The highest BCUT2D eigenvalue weighted by Gasteiger charge is 2.27. The van der Waals surface area contributed by atoms with E-state index in [1.807, 2.05) is 29.2 Å². The van der Waals surface area contributed by atoms with Crippen LogP contribution in [0.1, 0.15) is 18.4 Å². The lowest BCUT2D eigenvalue weighted by Crippen LogP contribution is -2.41. The molecule has 4 rings (SSSR count). The van der Waals surface area contributed by atoms with Crippen molar-refractivity contribution in [1.82, 2.24) is 4.98 Å². The van der Waals surface area contributed by atoms with E-state index in [4.69, 9.17) is 0 Å². The molecule has 1 saturated heterocycles. The van der Waals surface area contributed by atoms with E-state index >= 15 is 0 Å². The van der Waals surface area contributed by atoms with Crippen molar-refractivity contribution in [1.29, 1.82) is 5.26 Å². The first-order valence-corrected chi connectivity index (χ1v) is 9.91. The molecule has 0 radical (unpaired) electrons. The number of anilines is 2. The number of benzene rings is 2. The fourth-order valence-corrected chi connectivity index (χ4v) is 3.78. The highest BCUT2D eigenvalue weighted by atomic mass is 19.1. The van der Waals surface area contributed by atoms with Crippen molar-refractivity contribution in [2.75, 3.05) is 23.3 Å². The predicted molar refractivity (Wildman–Crippen MR) is 114 cm³/mol. The van der Waals surface area contributed by atoms with Crippen LogP contribution in [0, 0.1) is 23.1 Å². The minimum Gasteiger partial charge on any atom is -0.355 e. The van der Waals surface area contributed by atoms with Crippen molar-refractivity contribution in [2.45, 2.75) is 12.8 Å². The van der Waals surface area contributed by atoms with Crippen molar-refractivity contribution < 1.29 is 9.18 Å². The maximum Gasteiger partial charge on any atom is 0.229 e. The van der Waals surface area contributed by atoms with Gasteiger partial charge in [0.15, 0.2) is 0 Å². The normalized spacial score (nSPS) is 16.0. The summed E-state index contributed by atoms with van der Waals surface area (Å²) in [7, 11) is 0. The number of halogens is 1. The molecule has 0 spiro atoms. The van der Waals surface area contributed by atoms with E-state index in [-0.39, 0.29) is 17.6 Å². The molecule has 30 heavy (non-hydrogen) atoms. The number of piperidine rings is 1. The lowest BCUT2D eigenvalue weighted by Gasteiger charge is -2.33. The van der Waals surface area contributed by atoms with Crippen molar-refractivity contribution >= 4 is 17.4 Å². The first-order chi connectivity index (χ1) is 14.6. The summed E-state index contributed by atoms with van der Waals surface area (Å²) in [6, 6.07) is 19.5. The van der Waals surface area contributed by atoms with Crippen LogP contribution < -0.4 is 10.2 Å². The zero-order chi connectivity index (χ0) is 20.9. The number of nitrogens with one attached hydrogen (secondary N) is 1. The molecule has 0 aliphatic carbocycles. The number of carbonyl (C=O) groups excluding carboxylic acids is 1.